The van der Waals surface area contributed by atoms with Crippen molar-refractivity contribution in [3.05, 3.63) is 43.2 Å². The minimum absolute atomic E-state index is 0.0866. The van der Waals surface area contributed by atoms with Gasteiger partial charge in [0, 0.05) is 11.4 Å². The van der Waals surface area contributed by atoms with Crippen LogP contribution in [0.2, 0.25) is 0 Å². The quantitative estimate of drug-likeness (QED) is 0.765. The molecule has 0 unspecified atom stereocenters. The molecular weight excluding hydrogens is 236 g/mol. The van der Waals surface area contributed by atoms with Gasteiger partial charge in [-0.2, -0.15) is 0 Å². The summed E-state index contributed by atoms with van der Waals surface area (Å²) in [4.78, 5) is 17.9. The van der Waals surface area contributed by atoms with E-state index in [4.69, 9.17) is 0 Å². The molecule has 5 heteroatoms. The summed E-state index contributed by atoms with van der Waals surface area (Å²) >= 11 is 0.983. The van der Waals surface area contributed by atoms with Gasteiger partial charge < -0.3 is 5.11 Å². The van der Waals surface area contributed by atoms with Gasteiger partial charge in [-0.1, -0.05) is 23.5 Å². The Morgan fingerprint density at radius 1 is 1.41 bits per heavy atom. The number of nitrogens with zero attached hydrogens (tertiary/aromatic N) is 1. The van der Waals surface area contributed by atoms with Crippen LogP contribution in [-0.4, -0.2) is 16.3 Å². The minimum atomic E-state index is -0.262. The summed E-state index contributed by atoms with van der Waals surface area (Å²) in [6, 6.07) is 5.74. The molecule has 1 aliphatic rings. The number of thiazole rings is 1. The van der Waals surface area contributed by atoms with Gasteiger partial charge in [0.05, 0.1) is 10.6 Å². The molecule has 1 aromatic heterocycles. The smallest absolute Gasteiger partial charge is 0.307 e. The maximum Gasteiger partial charge on any atom is 0.307 e. The number of hydrogen-bond acceptors (Lipinski definition) is 4. The molecule has 0 saturated heterocycles. The molecule has 2 heterocycles. The highest BCUT2D eigenvalue weighted by Gasteiger charge is 2.04. The van der Waals surface area contributed by atoms with E-state index in [2.05, 4.69) is 9.98 Å². The van der Waals surface area contributed by atoms with Crippen LogP contribution in [-0.2, 0) is 0 Å². The maximum absolute atomic E-state index is 11.1. The third-order valence-electron chi connectivity index (χ3n) is 2.51. The fourth-order valence-corrected chi connectivity index (χ4v) is 2.43. The highest BCUT2D eigenvalue weighted by molar-refractivity contribution is 7.10. The Bertz CT molecular complexity index is 784. The molecule has 0 radical (unpaired) electrons. The summed E-state index contributed by atoms with van der Waals surface area (Å²) in [5.74, 6) is -0.0866. The van der Waals surface area contributed by atoms with Gasteiger partial charge >= 0.3 is 4.87 Å². The second kappa shape index (κ2) is 3.71. The first-order valence-corrected chi connectivity index (χ1v) is 5.83. The first-order chi connectivity index (χ1) is 8.24. The summed E-state index contributed by atoms with van der Waals surface area (Å²) in [5.41, 5.74) is 0.904. The number of rotatable bonds is 1. The summed E-state index contributed by atoms with van der Waals surface area (Å²) < 4.78 is 0. The zero-order valence-electron chi connectivity index (χ0n) is 8.68. The number of nitrogens with one attached hydrogen (secondary N) is 1. The van der Waals surface area contributed by atoms with Gasteiger partial charge in [0.15, 0.2) is 0 Å². The molecule has 0 fully saturated rings. The number of aromatic amines is 1. The SMILES string of the molecule is O=c1[nH]c(O)c(C=c2cccc3c2=CC=N3)s1. The topological polar surface area (TPSA) is 65.5 Å². The second-order valence-corrected chi connectivity index (χ2v) is 4.61. The zero-order chi connectivity index (χ0) is 11.8. The number of aliphatic imine (C=N–C) groups is 1. The van der Waals surface area contributed by atoms with Crippen molar-refractivity contribution in [2.24, 2.45) is 4.99 Å². The number of fused-ring (bicyclic) bond motifs is 1. The Labute approximate surface area is 99.9 Å². The predicted octanol–water partition coefficient (Wildman–Crippen LogP) is 0.467. The number of H-pyrrole nitrogens is 1. The average Bonchev–Trinajstić information content (AvgIpc) is 2.87. The molecule has 3 rings (SSSR count). The van der Waals surface area contributed by atoms with E-state index in [9.17, 15) is 9.90 Å². The number of aromatic hydroxyl groups is 1. The molecule has 2 aromatic rings. The second-order valence-electron chi connectivity index (χ2n) is 3.60. The molecule has 0 spiro atoms. The van der Waals surface area contributed by atoms with Gasteiger partial charge in [-0.15, -0.1) is 0 Å². The van der Waals surface area contributed by atoms with Crippen molar-refractivity contribution in [2.75, 3.05) is 0 Å². The lowest BCUT2D eigenvalue weighted by atomic mass is 10.2. The average molecular weight is 244 g/mol. The van der Waals surface area contributed by atoms with Crippen LogP contribution in [0.25, 0.3) is 12.2 Å². The zero-order valence-corrected chi connectivity index (χ0v) is 9.49. The molecule has 0 aliphatic carbocycles. The van der Waals surface area contributed by atoms with Crippen molar-refractivity contribution in [1.82, 2.24) is 4.98 Å². The largest absolute Gasteiger partial charge is 0.493 e. The monoisotopic (exact) mass is 244 g/mol. The van der Waals surface area contributed by atoms with Crippen LogP contribution < -0.4 is 15.3 Å². The molecule has 1 aromatic carbocycles. The van der Waals surface area contributed by atoms with E-state index in [0.717, 1.165) is 27.5 Å². The van der Waals surface area contributed by atoms with E-state index in [1.54, 1.807) is 12.3 Å². The van der Waals surface area contributed by atoms with Gasteiger partial charge in [0.25, 0.3) is 0 Å². The highest BCUT2D eigenvalue weighted by Crippen LogP contribution is 2.15. The number of aromatic nitrogens is 1. The molecule has 2 N–H and O–H groups in total. The van der Waals surface area contributed by atoms with Crippen molar-refractivity contribution in [2.45, 2.75) is 0 Å². The van der Waals surface area contributed by atoms with Gasteiger partial charge in [0.1, 0.15) is 0 Å². The van der Waals surface area contributed by atoms with Gasteiger partial charge in [-0.3, -0.25) is 14.8 Å². The van der Waals surface area contributed by atoms with Crippen LogP contribution in [0.5, 0.6) is 5.88 Å². The predicted molar refractivity (Wildman–Crippen MR) is 68.5 cm³/mol. The van der Waals surface area contributed by atoms with Crippen molar-refractivity contribution in [3.8, 4) is 5.88 Å². The Morgan fingerprint density at radius 2 is 2.29 bits per heavy atom. The van der Waals surface area contributed by atoms with Crippen molar-refractivity contribution in [1.29, 1.82) is 0 Å². The Kier molecular flexibility index (Phi) is 2.19. The number of hydrogen-bond donors (Lipinski definition) is 2. The third kappa shape index (κ3) is 1.70. The number of benzene rings is 1. The first-order valence-electron chi connectivity index (χ1n) is 5.01. The van der Waals surface area contributed by atoms with Crippen LogP contribution in [0.15, 0.2) is 28.0 Å². The van der Waals surface area contributed by atoms with Crippen LogP contribution >= 0.6 is 11.3 Å². The lowest BCUT2D eigenvalue weighted by molar-refractivity contribution is 0.455. The molecule has 17 heavy (non-hydrogen) atoms. The van der Waals surface area contributed by atoms with Gasteiger partial charge in [-0.05, 0) is 23.4 Å². The summed E-state index contributed by atoms with van der Waals surface area (Å²) in [7, 11) is 0. The summed E-state index contributed by atoms with van der Waals surface area (Å²) in [6.07, 6.45) is 5.43. The van der Waals surface area contributed by atoms with Gasteiger partial charge in [-0.25, -0.2) is 0 Å². The molecule has 0 bridgehead atoms. The first kappa shape index (κ1) is 10.0. The fraction of sp³-hybridized carbons (Fsp3) is 0. The Hall–Kier alpha value is -2.14. The van der Waals surface area contributed by atoms with E-state index in [1.807, 2.05) is 24.3 Å². The fourth-order valence-electron chi connectivity index (χ4n) is 1.75. The van der Waals surface area contributed by atoms with E-state index in [0.29, 0.717) is 4.88 Å². The summed E-state index contributed by atoms with van der Waals surface area (Å²) in [5, 5.41) is 11.5. The lowest BCUT2D eigenvalue weighted by Crippen LogP contribution is -2.22. The maximum atomic E-state index is 11.1. The van der Waals surface area contributed by atoms with Crippen molar-refractivity contribution in [3.63, 3.8) is 0 Å². The van der Waals surface area contributed by atoms with Crippen molar-refractivity contribution < 1.29 is 5.11 Å². The normalized spacial score (nSPS) is 13.8. The van der Waals surface area contributed by atoms with E-state index in [1.165, 1.54) is 0 Å². The van der Waals surface area contributed by atoms with E-state index >= 15 is 0 Å². The lowest BCUT2D eigenvalue weighted by Gasteiger charge is -1.92. The van der Waals surface area contributed by atoms with Crippen LogP contribution in [0, 0.1) is 0 Å². The molecule has 0 saturated carbocycles. The minimum Gasteiger partial charge on any atom is -0.493 e. The third-order valence-corrected chi connectivity index (χ3v) is 3.33. The van der Waals surface area contributed by atoms with Gasteiger partial charge in [0.2, 0.25) is 5.88 Å². The molecule has 84 valence electrons. The van der Waals surface area contributed by atoms with E-state index in [-0.39, 0.29) is 10.8 Å². The van der Waals surface area contributed by atoms with E-state index < -0.39 is 0 Å². The Morgan fingerprint density at radius 3 is 3.06 bits per heavy atom. The standard InChI is InChI=1S/C12H8N2O2S/c15-11-10(17-12(16)14-11)6-7-2-1-3-9-8(7)4-5-13-9/h1-6,15H,(H,14,16). The van der Waals surface area contributed by atoms with Crippen LogP contribution in [0.1, 0.15) is 4.88 Å². The molecular formula is C12H8N2O2S. The summed E-state index contributed by atoms with van der Waals surface area (Å²) in [6.45, 7) is 0. The Balaban J connectivity index is 2.28. The van der Waals surface area contributed by atoms with Crippen LogP contribution in [0.3, 0.4) is 0 Å². The van der Waals surface area contributed by atoms with Crippen molar-refractivity contribution >= 4 is 35.4 Å². The molecule has 0 atom stereocenters. The van der Waals surface area contributed by atoms with Crippen LogP contribution in [0.4, 0.5) is 5.69 Å². The molecule has 0 amide bonds. The highest BCUT2D eigenvalue weighted by atomic mass is 32.1. The molecule has 4 nitrogen and oxygen atoms in total. The molecule has 1 aliphatic heterocycles.